The van der Waals surface area contributed by atoms with Gasteiger partial charge < -0.3 is 16.0 Å². The van der Waals surface area contributed by atoms with Crippen molar-refractivity contribution in [3.05, 3.63) is 16.7 Å². The summed E-state index contributed by atoms with van der Waals surface area (Å²) in [5, 5.41) is 3.12. The van der Waals surface area contributed by atoms with Gasteiger partial charge in [0, 0.05) is 13.6 Å². The predicted octanol–water partition coefficient (Wildman–Crippen LogP) is 1.47. The second-order valence-corrected chi connectivity index (χ2v) is 4.31. The van der Waals surface area contributed by atoms with Crippen molar-refractivity contribution in [3.63, 3.8) is 0 Å². The minimum atomic E-state index is 0.675. The normalized spacial score (nSPS) is 10.3. The summed E-state index contributed by atoms with van der Waals surface area (Å²) in [6.07, 6.45) is 2.76. The molecule has 0 radical (unpaired) electrons. The smallest absolute Gasteiger partial charge is 0.142 e. The molecule has 0 aliphatic rings. The van der Waals surface area contributed by atoms with E-state index >= 15 is 0 Å². The molecule has 5 heteroatoms. The van der Waals surface area contributed by atoms with E-state index in [-0.39, 0.29) is 0 Å². The zero-order chi connectivity index (χ0) is 11.3. The van der Waals surface area contributed by atoms with Crippen molar-refractivity contribution in [2.45, 2.75) is 6.42 Å². The van der Waals surface area contributed by atoms with Crippen LogP contribution in [0.5, 0.6) is 0 Å². The average molecular weight is 273 g/mol. The van der Waals surface area contributed by atoms with Crippen LogP contribution in [0.3, 0.4) is 0 Å². The molecule has 0 bridgehead atoms. The summed E-state index contributed by atoms with van der Waals surface area (Å²) in [5.41, 5.74) is 6.30. The van der Waals surface area contributed by atoms with Crippen LogP contribution < -0.4 is 16.0 Å². The fraction of sp³-hybridized carbons (Fsp3) is 0.500. The van der Waals surface area contributed by atoms with Crippen LogP contribution in [0.2, 0.25) is 0 Å². The van der Waals surface area contributed by atoms with Crippen molar-refractivity contribution < 1.29 is 0 Å². The third kappa shape index (κ3) is 3.68. The van der Waals surface area contributed by atoms with E-state index < -0.39 is 0 Å². The highest BCUT2D eigenvalue weighted by Gasteiger charge is 2.06. The second-order valence-electron chi connectivity index (χ2n) is 3.45. The van der Waals surface area contributed by atoms with Gasteiger partial charge in [-0.15, -0.1) is 0 Å². The Hall–Kier alpha value is -0.810. The first-order chi connectivity index (χ1) is 7.15. The van der Waals surface area contributed by atoms with E-state index in [0.29, 0.717) is 5.69 Å². The Balaban J connectivity index is 2.61. The van der Waals surface area contributed by atoms with Gasteiger partial charge in [-0.3, -0.25) is 0 Å². The molecule has 1 aromatic rings. The molecule has 0 saturated carbocycles. The monoisotopic (exact) mass is 272 g/mol. The van der Waals surface area contributed by atoms with Gasteiger partial charge in [0.2, 0.25) is 0 Å². The van der Waals surface area contributed by atoms with Crippen molar-refractivity contribution in [1.82, 2.24) is 10.3 Å². The summed E-state index contributed by atoms with van der Waals surface area (Å²) >= 11 is 3.46. The Morgan fingerprint density at radius 3 is 2.93 bits per heavy atom. The van der Waals surface area contributed by atoms with Gasteiger partial charge in [-0.05, 0) is 42.0 Å². The third-order valence-electron chi connectivity index (χ3n) is 2.12. The topological polar surface area (TPSA) is 54.2 Å². The first-order valence-electron chi connectivity index (χ1n) is 4.92. The lowest BCUT2D eigenvalue weighted by Gasteiger charge is -2.19. The molecular weight excluding hydrogens is 256 g/mol. The maximum absolute atomic E-state index is 5.63. The summed E-state index contributed by atoms with van der Waals surface area (Å²) < 4.78 is 0.939. The maximum atomic E-state index is 5.63. The number of anilines is 2. The number of nitrogens with one attached hydrogen (secondary N) is 1. The molecule has 0 aromatic carbocycles. The first kappa shape index (κ1) is 12.3. The van der Waals surface area contributed by atoms with Crippen LogP contribution in [0.25, 0.3) is 0 Å². The third-order valence-corrected chi connectivity index (χ3v) is 2.71. The zero-order valence-corrected chi connectivity index (χ0v) is 10.7. The number of rotatable bonds is 5. The van der Waals surface area contributed by atoms with E-state index in [0.717, 1.165) is 29.8 Å². The Kier molecular flexibility index (Phi) is 4.84. The summed E-state index contributed by atoms with van der Waals surface area (Å²) in [5.74, 6) is 0.931. The Morgan fingerprint density at radius 1 is 1.60 bits per heavy atom. The fourth-order valence-electron chi connectivity index (χ4n) is 1.33. The van der Waals surface area contributed by atoms with Gasteiger partial charge in [-0.2, -0.15) is 0 Å². The minimum absolute atomic E-state index is 0.675. The van der Waals surface area contributed by atoms with Crippen molar-refractivity contribution >= 4 is 27.4 Å². The highest BCUT2D eigenvalue weighted by molar-refractivity contribution is 9.10. The highest BCUT2D eigenvalue weighted by Crippen LogP contribution is 2.24. The lowest BCUT2D eigenvalue weighted by atomic mass is 10.3. The van der Waals surface area contributed by atoms with Crippen molar-refractivity contribution in [1.29, 1.82) is 0 Å². The van der Waals surface area contributed by atoms with Crippen LogP contribution in [0.1, 0.15) is 6.42 Å². The van der Waals surface area contributed by atoms with Crippen LogP contribution in [0, 0.1) is 0 Å². The largest absolute Gasteiger partial charge is 0.397 e. The van der Waals surface area contributed by atoms with E-state index in [4.69, 9.17) is 5.73 Å². The fourth-order valence-corrected chi connectivity index (χ4v) is 1.99. The lowest BCUT2D eigenvalue weighted by molar-refractivity contribution is 0.708. The van der Waals surface area contributed by atoms with E-state index in [2.05, 4.69) is 31.1 Å². The first-order valence-corrected chi connectivity index (χ1v) is 5.71. The van der Waals surface area contributed by atoms with Gasteiger partial charge in [0.1, 0.15) is 5.82 Å². The van der Waals surface area contributed by atoms with Crippen LogP contribution in [0.4, 0.5) is 11.5 Å². The SMILES string of the molecule is CNCCCN(C)c1ncc(N)cc1Br. The molecule has 0 amide bonds. The van der Waals surface area contributed by atoms with Gasteiger partial charge >= 0.3 is 0 Å². The molecule has 0 saturated heterocycles. The number of hydrogen-bond donors (Lipinski definition) is 2. The van der Waals surface area contributed by atoms with E-state index in [1.807, 2.05) is 20.2 Å². The Bertz CT molecular complexity index is 316. The average Bonchev–Trinajstić information content (AvgIpc) is 2.17. The number of aromatic nitrogens is 1. The van der Waals surface area contributed by atoms with E-state index in [9.17, 15) is 0 Å². The lowest BCUT2D eigenvalue weighted by Crippen LogP contribution is -2.23. The molecule has 0 aliphatic carbocycles. The molecule has 1 heterocycles. The molecule has 0 spiro atoms. The molecule has 0 atom stereocenters. The number of halogens is 1. The van der Waals surface area contributed by atoms with E-state index in [1.54, 1.807) is 6.20 Å². The Labute approximate surface area is 99.0 Å². The molecule has 15 heavy (non-hydrogen) atoms. The molecule has 0 fully saturated rings. The number of nitrogens with two attached hydrogens (primary N) is 1. The molecule has 4 nitrogen and oxygen atoms in total. The number of nitrogen functional groups attached to an aromatic ring is 1. The van der Waals surface area contributed by atoms with Crippen molar-refractivity contribution in [2.75, 3.05) is 37.8 Å². The highest BCUT2D eigenvalue weighted by atomic mass is 79.9. The van der Waals surface area contributed by atoms with Gasteiger partial charge in [0.25, 0.3) is 0 Å². The van der Waals surface area contributed by atoms with Crippen LogP contribution in [-0.4, -0.2) is 32.2 Å². The van der Waals surface area contributed by atoms with Gasteiger partial charge in [-0.25, -0.2) is 4.98 Å². The molecule has 84 valence electrons. The predicted molar refractivity (Wildman–Crippen MR) is 68.2 cm³/mol. The number of hydrogen-bond acceptors (Lipinski definition) is 4. The van der Waals surface area contributed by atoms with Crippen LogP contribution in [0.15, 0.2) is 16.7 Å². The van der Waals surface area contributed by atoms with Crippen LogP contribution >= 0.6 is 15.9 Å². The van der Waals surface area contributed by atoms with E-state index in [1.165, 1.54) is 0 Å². The Morgan fingerprint density at radius 2 is 2.33 bits per heavy atom. The molecule has 3 N–H and O–H groups in total. The molecule has 1 aromatic heterocycles. The molecule has 1 rings (SSSR count). The van der Waals surface area contributed by atoms with Gasteiger partial charge in [0.15, 0.2) is 0 Å². The summed E-state index contributed by atoms with van der Waals surface area (Å²) in [7, 11) is 3.98. The molecular formula is C10H17BrN4. The standard InChI is InChI=1S/C10H17BrN4/c1-13-4-3-5-15(2)10-9(11)6-8(12)7-14-10/h6-7,13H,3-5,12H2,1-2H3. The number of pyridine rings is 1. The van der Waals surface area contributed by atoms with Crippen LogP contribution in [-0.2, 0) is 0 Å². The second kappa shape index (κ2) is 5.92. The zero-order valence-electron chi connectivity index (χ0n) is 9.13. The summed E-state index contributed by atoms with van der Waals surface area (Å²) in [6.45, 7) is 1.98. The summed E-state index contributed by atoms with van der Waals surface area (Å²) in [4.78, 5) is 6.40. The maximum Gasteiger partial charge on any atom is 0.142 e. The molecule has 0 aliphatic heterocycles. The van der Waals surface area contributed by atoms with Gasteiger partial charge in [-0.1, -0.05) is 0 Å². The quantitative estimate of drug-likeness (QED) is 0.798. The number of nitrogens with zero attached hydrogens (tertiary/aromatic N) is 2. The van der Waals surface area contributed by atoms with Gasteiger partial charge in [0.05, 0.1) is 16.4 Å². The molecule has 0 unspecified atom stereocenters. The summed E-state index contributed by atoms with van der Waals surface area (Å²) in [6, 6.07) is 1.87. The minimum Gasteiger partial charge on any atom is -0.397 e. The van der Waals surface area contributed by atoms with Crippen molar-refractivity contribution in [3.8, 4) is 0 Å². The van der Waals surface area contributed by atoms with Crippen molar-refractivity contribution in [2.24, 2.45) is 0 Å².